The van der Waals surface area contributed by atoms with E-state index in [0.717, 1.165) is 22.3 Å². The minimum absolute atomic E-state index is 0.366. The molecule has 9 nitrogen and oxygen atoms in total. The van der Waals surface area contributed by atoms with Crippen LogP contribution in [0.4, 0.5) is 0 Å². The first kappa shape index (κ1) is 41.0. The smallest absolute Gasteiger partial charge is 0.334 e. The van der Waals surface area contributed by atoms with Gasteiger partial charge in [0.25, 0.3) is 0 Å². The van der Waals surface area contributed by atoms with E-state index in [1.54, 1.807) is 0 Å². The quantitative estimate of drug-likeness (QED) is 0.171. The summed E-state index contributed by atoms with van der Waals surface area (Å²) in [6, 6.07) is 12.2. The van der Waals surface area contributed by atoms with Crippen LogP contribution in [0, 0.1) is 5.41 Å². The summed E-state index contributed by atoms with van der Waals surface area (Å²) in [7, 11) is -5.22. The minimum atomic E-state index is -2.61. The molecule has 0 amide bonds. The third-order valence-corrected chi connectivity index (χ3v) is 9.07. The van der Waals surface area contributed by atoms with Crippen molar-refractivity contribution in [2.24, 2.45) is 5.41 Å². The van der Waals surface area contributed by atoms with Crippen molar-refractivity contribution >= 4 is 17.2 Å². The van der Waals surface area contributed by atoms with Gasteiger partial charge in [-0.1, -0.05) is 119 Å². The summed E-state index contributed by atoms with van der Waals surface area (Å²) < 4.78 is 3.60. The predicted octanol–water partition coefficient (Wildman–Crippen LogP) is 5.50. The van der Waals surface area contributed by atoms with E-state index in [1.807, 2.05) is 36.4 Å². The van der Waals surface area contributed by atoms with Crippen LogP contribution in [0.5, 0.6) is 0 Å². The average Bonchev–Trinajstić information content (AvgIpc) is 2.86. The Morgan fingerprint density at radius 1 is 0.500 bits per heavy atom. The Labute approximate surface area is 266 Å². The van der Waals surface area contributed by atoms with Crippen LogP contribution in [-0.4, -0.2) is 59.8 Å². The van der Waals surface area contributed by atoms with Gasteiger partial charge in [0, 0.05) is 0 Å². The summed E-state index contributed by atoms with van der Waals surface area (Å²) in [5.41, 5.74) is -0.0221. The molecule has 0 fully saturated rings. The lowest BCUT2D eigenvalue weighted by Gasteiger charge is -2.51. The Morgan fingerprint density at radius 2 is 0.727 bits per heavy atom. The fraction of sp³-hybridized carbons (Fsp3) is 0.636. The van der Waals surface area contributed by atoms with Gasteiger partial charge in [-0.05, 0) is 55.0 Å². The molecule has 0 heterocycles. The molecule has 0 saturated heterocycles. The molecule has 8 N–H and O–H groups in total. The Morgan fingerprint density at radius 3 is 0.864 bits per heavy atom. The monoisotopic (exact) mass is 658 g/mol. The number of rotatable bonds is 8. The van der Waals surface area contributed by atoms with E-state index in [-0.39, 0.29) is 21.7 Å². The molecule has 44 heavy (non-hydrogen) atoms. The maximum Gasteiger partial charge on any atom is 0.334 e. The van der Waals surface area contributed by atoms with Crippen LogP contribution < -0.4 is 0 Å². The Hall–Kier alpha value is -1.06. The van der Waals surface area contributed by atoms with Crippen LogP contribution in [0.3, 0.4) is 0 Å². The molecule has 2 aromatic rings. The summed E-state index contributed by atoms with van der Waals surface area (Å²) in [5.74, 6) is 0. The summed E-state index contributed by atoms with van der Waals surface area (Å²) in [6.07, 6.45) is 0. The lowest BCUT2D eigenvalue weighted by molar-refractivity contribution is -0.138. The van der Waals surface area contributed by atoms with Crippen molar-refractivity contribution in [3.8, 4) is 0 Å². The maximum absolute atomic E-state index is 13.6. The first-order chi connectivity index (χ1) is 19.8. The molecule has 0 radical (unpaired) electrons. The molecule has 0 aliphatic carbocycles. The second-order valence-corrected chi connectivity index (χ2v) is 17.2. The highest BCUT2D eigenvalue weighted by Gasteiger charge is 2.57. The van der Waals surface area contributed by atoms with Crippen LogP contribution in [0.15, 0.2) is 36.4 Å². The average molecular weight is 659 g/mol. The molecule has 11 heteroatoms. The molecule has 0 bridgehead atoms. The zero-order chi connectivity index (χ0) is 34.7. The summed E-state index contributed by atoms with van der Waals surface area (Å²) in [4.78, 5) is 31.3. The van der Waals surface area contributed by atoms with Gasteiger partial charge >= 0.3 is 17.2 Å². The molecule has 0 atom stereocenters. The van der Waals surface area contributed by atoms with Gasteiger partial charge in [0.15, 0.2) is 0 Å². The second-order valence-electron chi connectivity index (χ2n) is 15.5. The second kappa shape index (κ2) is 14.8. The molecular weight excluding hydrogens is 602 g/mol. The molecule has 0 aromatic heterocycles. The number of benzene rings is 2. The van der Waals surface area contributed by atoms with Gasteiger partial charge < -0.3 is 40.0 Å². The highest BCUT2D eigenvalue weighted by atomic mass is 31.2. The van der Waals surface area contributed by atoms with E-state index in [4.69, 9.17) is 19.6 Å². The van der Waals surface area contributed by atoms with Gasteiger partial charge in [-0.25, -0.2) is 4.31 Å². The lowest BCUT2D eigenvalue weighted by Crippen LogP contribution is -2.57. The Bertz CT molecular complexity index is 1060. The topological polar surface area (TPSA) is 171 Å². The predicted molar refractivity (Wildman–Crippen MR) is 178 cm³/mol. The normalized spacial score (nSPS) is 13.8. The van der Waals surface area contributed by atoms with Crippen molar-refractivity contribution in [3.63, 3.8) is 0 Å². The molecule has 0 spiro atoms. The zero-order valence-electron chi connectivity index (χ0n) is 28.5. The lowest BCUT2D eigenvalue weighted by atomic mass is 9.56. The minimum Gasteiger partial charge on any atom is -0.395 e. The van der Waals surface area contributed by atoms with Crippen molar-refractivity contribution in [3.05, 3.63) is 69.8 Å². The number of aliphatic hydroxyl groups excluding tert-OH is 3. The highest BCUT2D eigenvalue weighted by molar-refractivity contribution is 7.53. The van der Waals surface area contributed by atoms with Crippen molar-refractivity contribution in [2.45, 2.75) is 110 Å². The Balaban J connectivity index is 0.00000123. The first-order valence-electron chi connectivity index (χ1n) is 14.6. The molecular formula is C33H56O9P2. The third kappa shape index (κ3) is 9.05. The van der Waals surface area contributed by atoms with Gasteiger partial charge in [-0.2, -0.15) is 0 Å². The fourth-order valence-electron chi connectivity index (χ4n) is 5.60. The molecule has 0 saturated carbocycles. The van der Waals surface area contributed by atoms with E-state index in [9.17, 15) is 20.4 Å². The van der Waals surface area contributed by atoms with Crippen LogP contribution in [-0.2, 0) is 31.6 Å². The molecule has 0 aliphatic rings. The number of aliphatic hydroxyl groups is 4. The van der Waals surface area contributed by atoms with E-state index in [2.05, 4.69) is 87.4 Å². The summed E-state index contributed by atoms with van der Waals surface area (Å²) >= 11 is 0. The van der Waals surface area contributed by atoms with Gasteiger partial charge in [0.05, 0.1) is 25.2 Å². The molecule has 2 aromatic carbocycles. The third-order valence-electron chi connectivity index (χ3n) is 7.91. The largest absolute Gasteiger partial charge is 0.395 e. The molecule has 252 valence electrons. The summed E-state index contributed by atoms with van der Waals surface area (Å²) in [6.45, 7) is 23.5. The molecule has 0 aliphatic heterocycles. The van der Waals surface area contributed by atoms with Gasteiger partial charge in [0.2, 0.25) is 0 Å². The van der Waals surface area contributed by atoms with Crippen molar-refractivity contribution in [2.75, 3.05) is 19.8 Å². The number of hydrogen-bond acceptors (Lipinski definition) is 9. The molecule has 2 rings (SSSR count). The maximum atomic E-state index is 13.6. The standard InChI is InChI=1S/C33H52O4.H4O5P2/c1-28(2,3)22-15-13-16-23(29(4,5)6)26(22)33(37,32(19-34,20-35)21-36)27-24(30(7,8)9)17-14-18-25(27)31(10,11)12;1-6(2)5-7(3)4/h13-18,34-37H,19-21H2,1-12H3;1-4H. The van der Waals surface area contributed by atoms with E-state index in [1.165, 1.54) is 0 Å². The van der Waals surface area contributed by atoms with Crippen LogP contribution in [0.25, 0.3) is 0 Å². The van der Waals surface area contributed by atoms with E-state index >= 15 is 0 Å². The highest BCUT2D eigenvalue weighted by Crippen LogP contribution is 2.55. The van der Waals surface area contributed by atoms with E-state index < -0.39 is 48.0 Å². The van der Waals surface area contributed by atoms with Gasteiger partial charge in [0.1, 0.15) is 5.60 Å². The fourth-order valence-corrected chi connectivity index (χ4v) is 6.12. The van der Waals surface area contributed by atoms with E-state index in [0.29, 0.717) is 11.1 Å². The number of hydrogen-bond donors (Lipinski definition) is 8. The van der Waals surface area contributed by atoms with Crippen LogP contribution in [0.2, 0.25) is 0 Å². The van der Waals surface area contributed by atoms with Crippen LogP contribution >= 0.6 is 17.2 Å². The van der Waals surface area contributed by atoms with Crippen molar-refractivity contribution < 1.29 is 44.3 Å². The zero-order valence-corrected chi connectivity index (χ0v) is 30.3. The van der Waals surface area contributed by atoms with Crippen LogP contribution in [0.1, 0.15) is 116 Å². The van der Waals surface area contributed by atoms with Gasteiger partial charge in [-0.15, -0.1) is 0 Å². The molecule has 0 unspecified atom stereocenters. The Kier molecular flexibility index (Phi) is 13.8. The first-order valence-corrected chi connectivity index (χ1v) is 17.0. The van der Waals surface area contributed by atoms with Gasteiger partial charge in [-0.3, -0.25) is 0 Å². The van der Waals surface area contributed by atoms with Crippen molar-refractivity contribution in [1.29, 1.82) is 0 Å². The van der Waals surface area contributed by atoms with Crippen molar-refractivity contribution in [1.82, 2.24) is 0 Å². The SMILES string of the molecule is CC(C)(C)c1cccc(C(C)(C)C)c1C(O)(c1c(C(C)(C)C)cccc1C(C)(C)C)C(CO)(CO)CO.OP(O)OP(O)O. The summed E-state index contributed by atoms with van der Waals surface area (Å²) in [5, 5.41) is 46.3.